The van der Waals surface area contributed by atoms with Gasteiger partial charge in [0.1, 0.15) is 5.75 Å². The van der Waals surface area contributed by atoms with Crippen molar-refractivity contribution in [2.45, 2.75) is 19.5 Å². The zero-order valence-corrected chi connectivity index (χ0v) is 20.5. The zero-order valence-electron chi connectivity index (χ0n) is 17.3. The number of halogens is 2. The van der Waals surface area contributed by atoms with E-state index in [1.807, 2.05) is 7.05 Å². The lowest BCUT2D eigenvalue weighted by Gasteiger charge is -2.20. The van der Waals surface area contributed by atoms with Crippen LogP contribution in [-0.4, -0.2) is 42.4 Å². The number of anilines is 1. The molecule has 0 fully saturated rings. The van der Waals surface area contributed by atoms with Gasteiger partial charge in [-0.2, -0.15) is 0 Å². The lowest BCUT2D eigenvalue weighted by atomic mass is 10.1. The van der Waals surface area contributed by atoms with E-state index in [-0.39, 0.29) is 18.4 Å². The first kappa shape index (κ1) is 23.0. The minimum Gasteiger partial charge on any atom is -0.495 e. The lowest BCUT2D eigenvalue weighted by molar-refractivity contribution is 0.0954. The number of thiophene rings is 1. The van der Waals surface area contributed by atoms with Gasteiger partial charge in [-0.05, 0) is 25.2 Å². The Balaban J connectivity index is 1.56. The highest BCUT2D eigenvalue weighted by Crippen LogP contribution is 2.34. The number of carbonyl (C=O) groups is 2. The largest absolute Gasteiger partial charge is 0.495 e. The molecule has 11 heteroatoms. The van der Waals surface area contributed by atoms with Crippen molar-refractivity contribution in [2.75, 3.05) is 26.0 Å². The molecule has 0 bridgehead atoms. The Labute approximate surface area is 203 Å². The second-order valence-electron chi connectivity index (χ2n) is 7.26. The molecule has 32 heavy (non-hydrogen) atoms. The SMILES string of the molecule is COc1cc(Cl)cc(CNC(=O)c2ccc(Cl)s2)c1NC(=O)c1nc2c(s1)CN(C)CC2. The topological polar surface area (TPSA) is 83.6 Å². The van der Waals surface area contributed by atoms with Crippen LogP contribution in [0.3, 0.4) is 0 Å². The van der Waals surface area contributed by atoms with Crippen molar-refractivity contribution in [3.05, 3.63) is 59.6 Å². The number of hydrogen-bond acceptors (Lipinski definition) is 7. The van der Waals surface area contributed by atoms with Crippen LogP contribution < -0.4 is 15.4 Å². The van der Waals surface area contributed by atoms with Gasteiger partial charge in [0.05, 0.1) is 27.7 Å². The van der Waals surface area contributed by atoms with Crippen molar-refractivity contribution in [2.24, 2.45) is 0 Å². The Morgan fingerprint density at radius 3 is 2.75 bits per heavy atom. The van der Waals surface area contributed by atoms with Crippen molar-refractivity contribution in [1.82, 2.24) is 15.2 Å². The summed E-state index contributed by atoms with van der Waals surface area (Å²) in [6, 6.07) is 6.62. The Kier molecular flexibility index (Phi) is 7.02. The summed E-state index contributed by atoms with van der Waals surface area (Å²) in [6.45, 7) is 1.84. The highest BCUT2D eigenvalue weighted by Gasteiger charge is 2.23. The highest BCUT2D eigenvalue weighted by atomic mass is 35.5. The third-order valence-corrected chi connectivity index (χ3v) is 7.49. The summed E-state index contributed by atoms with van der Waals surface area (Å²) < 4.78 is 5.98. The van der Waals surface area contributed by atoms with Crippen LogP contribution in [0.25, 0.3) is 0 Å². The average molecular weight is 511 g/mol. The van der Waals surface area contributed by atoms with E-state index in [0.717, 1.165) is 30.1 Å². The van der Waals surface area contributed by atoms with Crippen molar-refractivity contribution in [3.63, 3.8) is 0 Å². The predicted molar refractivity (Wildman–Crippen MR) is 129 cm³/mol. The van der Waals surface area contributed by atoms with Crippen LogP contribution in [0.2, 0.25) is 9.36 Å². The summed E-state index contributed by atoms with van der Waals surface area (Å²) in [5.74, 6) is -0.199. The number of ether oxygens (including phenoxy) is 1. The summed E-state index contributed by atoms with van der Waals surface area (Å²) in [5.41, 5.74) is 2.03. The molecule has 3 heterocycles. The van der Waals surface area contributed by atoms with Crippen LogP contribution in [0.15, 0.2) is 24.3 Å². The highest BCUT2D eigenvalue weighted by molar-refractivity contribution is 7.18. The van der Waals surface area contributed by atoms with Gasteiger partial charge in [0, 0.05) is 47.6 Å². The van der Waals surface area contributed by atoms with Crippen LogP contribution >= 0.6 is 45.9 Å². The van der Waals surface area contributed by atoms with E-state index in [1.54, 1.807) is 24.3 Å². The number of fused-ring (bicyclic) bond motifs is 1. The van der Waals surface area contributed by atoms with Gasteiger partial charge in [0.15, 0.2) is 5.01 Å². The summed E-state index contributed by atoms with van der Waals surface area (Å²) in [5, 5.41) is 6.56. The van der Waals surface area contributed by atoms with Gasteiger partial charge in [-0.15, -0.1) is 22.7 Å². The maximum absolute atomic E-state index is 13.0. The first-order valence-corrected chi connectivity index (χ1v) is 12.1. The molecule has 0 saturated heterocycles. The Morgan fingerprint density at radius 1 is 1.22 bits per heavy atom. The molecule has 4 rings (SSSR count). The van der Waals surface area contributed by atoms with Crippen LogP contribution in [-0.2, 0) is 19.5 Å². The number of benzene rings is 1. The molecule has 1 aliphatic heterocycles. The fourth-order valence-electron chi connectivity index (χ4n) is 3.36. The number of likely N-dealkylation sites (N-methyl/N-ethyl adjacent to an activating group) is 1. The maximum Gasteiger partial charge on any atom is 0.284 e. The fraction of sp³-hybridized carbons (Fsp3) is 0.286. The van der Waals surface area contributed by atoms with Gasteiger partial charge in [-0.25, -0.2) is 4.98 Å². The number of nitrogens with one attached hydrogen (secondary N) is 2. The summed E-state index contributed by atoms with van der Waals surface area (Å²) >= 11 is 14.7. The minimum absolute atomic E-state index is 0.139. The van der Waals surface area contributed by atoms with E-state index in [9.17, 15) is 9.59 Å². The number of rotatable bonds is 6. The van der Waals surface area contributed by atoms with Gasteiger partial charge >= 0.3 is 0 Å². The smallest absolute Gasteiger partial charge is 0.284 e. The molecule has 0 radical (unpaired) electrons. The molecule has 0 saturated carbocycles. The van der Waals surface area contributed by atoms with E-state index >= 15 is 0 Å². The quantitative estimate of drug-likeness (QED) is 0.502. The fourth-order valence-corrected chi connectivity index (χ4v) is 5.64. The van der Waals surface area contributed by atoms with E-state index in [4.69, 9.17) is 27.9 Å². The first-order chi connectivity index (χ1) is 15.3. The van der Waals surface area contributed by atoms with Crippen molar-refractivity contribution in [3.8, 4) is 5.75 Å². The van der Waals surface area contributed by atoms with Crippen LogP contribution in [0, 0.1) is 0 Å². The number of nitrogens with zero attached hydrogens (tertiary/aromatic N) is 2. The molecule has 0 aliphatic carbocycles. The summed E-state index contributed by atoms with van der Waals surface area (Å²) in [6.07, 6.45) is 0.823. The minimum atomic E-state index is -0.328. The van der Waals surface area contributed by atoms with Gasteiger partial charge in [-0.1, -0.05) is 23.2 Å². The maximum atomic E-state index is 13.0. The van der Waals surface area contributed by atoms with Crippen LogP contribution in [0.1, 0.15) is 35.6 Å². The van der Waals surface area contributed by atoms with Gasteiger partial charge in [0.2, 0.25) is 0 Å². The van der Waals surface area contributed by atoms with Gasteiger partial charge in [0.25, 0.3) is 11.8 Å². The molecule has 7 nitrogen and oxygen atoms in total. The zero-order chi connectivity index (χ0) is 22.8. The van der Waals surface area contributed by atoms with Crippen LogP contribution in [0.5, 0.6) is 5.75 Å². The second kappa shape index (κ2) is 9.76. The molecule has 0 spiro atoms. The average Bonchev–Trinajstić information content (AvgIpc) is 3.39. The van der Waals surface area contributed by atoms with Crippen LogP contribution in [0.4, 0.5) is 5.69 Å². The summed E-state index contributed by atoms with van der Waals surface area (Å²) in [7, 11) is 3.54. The number of amides is 2. The third-order valence-electron chi connectivity index (χ3n) is 4.96. The number of aromatic nitrogens is 1. The van der Waals surface area contributed by atoms with Crippen molar-refractivity contribution in [1.29, 1.82) is 0 Å². The molecule has 2 N–H and O–H groups in total. The molecule has 2 amide bonds. The van der Waals surface area contributed by atoms with E-state index in [2.05, 4.69) is 20.5 Å². The Hall–Kier alpha value is -2.17. The van der Waals surface area contributed by atoms with E-state index < -0.39 is 0 Å². The standard InChI is InChI=1S/C21H20Cl2N4O3S2/c1-27-6-5-13-16(10-27)32-21(25-13)20(29)26-18-11(7-12(22)8-14(18)30-2)9-24-19(28)15-3-4-17(23)31-15/h3-4,7-8H,5-6,9-10H2,1-2H3,(H,24,28)(H,26,29). The first-order valence-electron chi connectivity index (χ1n) is 9.72. The van der Waals surface area contributed by atoms with E-state index in [0.29, 0.717) is 36.2 Å². The van der Waals surface area contributed by atoms with E-state index in [1.165, 1.54) is 29.8 Å². The Morgan fingerprint density at radius 2 is 2.03 bits per heavy atom. The Bertz CT molecular complexity index is 1180. The molecule has 1 aliphatic rings. The second-order valence-corrected chi connectivity index (χ2v) is 10.5. The molecule has 0 atom stereocenters. The monoisotopic (exact) mass is 510 g/mol. The number of carbonyl (C=O) groups excluding carboxylic acids is 2. The number of thiazole rings is 1. The lowest BCUT2D eigenvalue weighted by Crippen LogP contribution is -2.25. The predicted octanol–water partition coefficient (Wildman–Crippen LogP) is 4.69. The molecule has 3 aromatic rings. The van der Waals surface area contributed by atoms with Gasteiger partial charge < -0.3 is 20.3 Å². The number of methoxy groups -OCH3 is 1. The van der Waals surface area contributed by atoms with Gasteiger partial charge in [-0.3, -0.25) is 9.59 Å². The molecule has 2 aromatic heterocycles. The third kappa shape index (κ3) is 5.07. The molecule has 1 aromatic carbocycles. The summed E-state index contributed by atoms with van der Waals surface area (Å²) in [4.78, 5) is 33.8. The van der Waals surface area contributed by atoms with Crippen molar-refractivity contribution >= 4 is 63.4 Å². The molecular weight excluding hydrogens is 491 g/mol. The number of hydrogen-bond donors (Lipinski definition) is 2. The molecule has 168 valence electrons. The normalized spacial score (nSPS) is 13.5. The van der Waals surface area contributed by atoms with Crippen molar-refractivity contribution < 1.29 is 14.3 Å². The molecular formula is C21H20Cl2N4O3S2. The molecule has 0 unspecified atom stereocenters.